The van der Waals surface area contributed by atoms with Crippen molar-refractivity contribution in [1.29, 1.82) is 5.26 Å². The van der Waals surface area contributed by atoms with E-state index in [2.05, 4.69) is 10.3 Å². The van der Waals surface area contributed by atoms with Gasteiger partial charge in [-0.1, -0.05) is 37.6 Å². The molecule has 2 atom stereocenters. The molecule has 2 aliphatic rings. The molecule has 1 aromatic heterocycles. The fourth-order valence-electron chi connectivity index (χ4n) is 5.22. The highest BCUT2D eigenvalue weighted by atomic mass is 19.1. The summed E-state index contributed by atoms with van der Waals surface area (Å²) in [7, 11) is 0. The number of hydrogen-bond acceptors (Lipinski definition) is 4. The number of aromatic nitrogens is 1. The van der Waals surface area contributed by atoms with E-state index >= 15 is 0 Å². The van der Waals surface area contributed by atoms with Gasteiger partial charge in [0.1, 0.15) is 5.82 Å². The number of carbonyl (C=O) groups excluding carboxylic acids is 2. The van der Waals surface area contributed by atoms with Crippen LogP contribution < -0.4 is 5.32 Å². The zero-order valence-corrected chi connectivity index (χ0v) is 20.6. The minimum absolute atomic E-state index is 0.0290. The molecule has 0 saturated heterocycles. The first-order valence-corrected chi connectivity index (χ1v) is 12.5. The van der Waals surface area contributed by atoms with Crippen molar-refractivity contribution >= 4 is 23.1 Å². The molecule has 0 aliphatic carbocycles. The number of benzene rings is 2. The summed E-state index contributed by atoms with van der Waals surface area (Å²) < 4.78 is 14.6. The fourth-order valence-corrected chi connectivity index (χ4v) is 5.22. The van der Waals surface area contributed by atoms with E-state index in [0.29, 0.717) is 31.4 Å². The van der Waals surface area contributed by atoms with Gasteiger partial charge in [0, 0.05) is 41.5 Å². The molecule has 5 rings (SSSR count). The molecule has 6 nitrogen and oxygen atoms in total. The zero-order valence-electron chi connectivity index (χ0n) is 20.6. The second kappa shape index (κ2) is 10.4. The van der Waals surface area contributed by atoms with Crippen LogP contribution in [0.1, 0.15) is 55.5 Å². The van der Waals surface area contributed by atoms with Gasteiger partial charge in [-0.15, -0.1) is 0 Å². The van der Waals surface area contributed by atoms with Crippen molar-refractivity contribution in [2.45, 2.75) is 38.6 Å². The predicted octanol–water partition coefficient (Wildman–Crippen LogP) is 5.87. The number of fused-ring (bicyclic) bond motifs is 4. The van der Waals surface area contributed by atoms with Gasteiger partial charge in [0.2, 0.25) is 11.8 Å². The highest BCUT2D eigenvalue weighted by Crippen LogP contribution is 2.36. The Morgan fingerprint density at radius 3 is 2.76 bits per heavy atom. The summed E-state index contributed by atoms with van der Waals surface area (Å²) in [5.41, 5.74) is 4.28. The van der Waals surface area contributed by atoms with Crippen molar-refractivity contribution in [2.24, 2.45) is 5.92 Å². The Kier molecular flexibility index (Phi) is 6.82. The summed E-state index contributed by atoms with van der Waals surface area (Å²) in [6.07, 6.45) is 5.67. The first-order valence-electron chi connectivity index (χ1n) is 12.5. The minimum atomic E-state index is -0.502. The molecule has 2 unspecified atom stereocenters. The number of nitrogens with one attached hydrogen (secondary N) is 1. The van der Waals surface area contributed by atoms with Gasteiger partial charge in [-0.3, -0.25) is 14.6 Å². The standard InChI is InChI=1S/C30H27FN4O2/c1-19-6-4-11-27(26-16-20(12-14-33-26)23-8-2-3-10-25(23)34-30(19)37)35-15-13-21(17-28(35)36)29-22(18-32)7-5-9-24(29)31/h2-3,5,7-10,12,14,16-17,19,27H,4,6,11,13,15H2,1H3,(H,34,37). The molecule has 0 spiro atoms. The number of carbonyl (C=O) groups is 2. The summed E-state index contributed by atoms with van der Waals surface area (Å²) in [6, 6.07) is 17.7. The summed E-state index contributed by atoms with van der Waals surface area (Å²) in [6.45, 7) is 2.30. The monoisotopic (exact) mass is 494 g/mol. The van der Waals surface area contributed by atoms with Crippen molar-refractivity contribution in [3.05, 3.63) is 89.5 Å². The zero-order chi connectivity index (χ0) is 25.9. The summed E-state index contributed by atoms with van der Waals surface area (Å²) in [4.78, 5) is 32.7. The summed E-state index contributed by atoms with van der Waals surface area (Å²) in [5.74, 6) is -0.950. The molecule has 0 saturated carbocycles. The molecule has 1 N–H and O–H groups in total. The Bertz CT molecular complexity index is 1440. The van der Waals surface area contributed by atoms with Crippen LogP contribution in [0.2, 0.25) is 0 Å². The van der Waals surface area contributed by atoms with Crippen molar-refractivity contribution in [3.8, 4) is 17.2 Å². The number of halogens is 1. The Morgan fingerprint density at radius 2 is 1.95 bits per heavy atom. The molecule has 2 aromatic carbocycles. The fraction of sp³-hybridized carbons (Fsp3) is 0.267. The molecule has 3 aromatic rings. The topological polar surface area (TPSA) is 86.1 Å². The Labute approximate surface area is 215 Å². The third-order valence-corrected chi connectivity index (χ3v) is 7.21. The van der Waals surface area contributed by atoms with Crippen LogP contribution in [0.3, 0.4) is 0 Å². The molecule has 3 heterocycles. The Hall–Kier alpha value is -4.31. The van der Waals surface area contributed by atoms with Gasteiger partial charge in [0.15, 0.2) is 0 Å². The second-order valence-electron chi connectivity index (χ2n) is 9.58. The van der Waals surface area contributed by atoms with Crippen LogP contribution in [0, 0.1) is 23.1 Å². The molecular weight excluding hydrogens is 467 g/mol. The third-order valence-electron chi connectivity index (χ3n) is 7.21. The molecule has 2 amide bonds. The number of rotatable bonds is 2. The van der Waals surface area contributed by atoms with Crippen LogP contribution in [-0.2, 0) is 9.59 Å². The highest BCUT2D eigenvalue weighted by molar-refractivity contribution is 5.98. The van der Waals surface area contributed by atoms with Crippen LogP contribution in [0.4, 0.5) is 10.1 Å². The molecule has 37 heavy (non-hydrogen) atoms. The molecule has 0 radical (unpaired) electrons. The first-order chi connectivity index (χ1) is 18.0. The maximum atomic E-state index is 14.6. The van der Waals surface area contributed by atoms with Crippen LogP contribution >= 0.6 is 0 Å². The first kappa shape index (κ1) is 24.4. The van der Waals surface area contributed by atoms with Gasteiger partial charge in [0.25, 0.3) is 0 Å². The van der Waals surface area contributed by atoms with Gasteiger partial charge in [-0.05, 0) is 60.7 Å². The molecule has 186 valence electrons. The molecule has 7 heteroatoms. The minimum Gasteiger partial charge on any atom is -0.330 e. The lowest BCUT2D eigenvalue weighted by Crippen LogP contribution is -2.38. The number of pyridine rings is 1. The van der Waals surface area contributed by atoms with E-state index in [0.717, 1.165) is 28.9 Å². The number of amides is 2. The van der Waals surface area contributed by atoms with Gasteiger partial charge >= 0.3 is 0 Å². The normalized spacial score (nSPS) is 20.0. The lowest BCUT2D eigenvalue weighted by atomic mass is 9.91. The van der Waals surface area contributed by atoms with E-state index in [1.807, 2.05) is 49.4 Å². The number of nitrogens with zero attached hydrogens (tertiary/aromatic N) is 3. The van der Waals surface area contributed by atoms with Gasteiger partial charge in [-0.2, -0.15) is 5.26 Å². The number of para-hydroxylation sites is 1. The van der Waals surface area contributed by atoms with E-state index in [-0.39, 0.29) is 34.9 Å². The summed E-state index contributed by atoms with van der Waals surface area (Å²) >= 11 is 0. The van der Waals surface area contributed by atoms with Gasteiger partial charge < -0.3 is 10.2 Å². The summed E-state index contributed by atoms with van der Waals surface area (Å²) in [5, 5.41) is 12.5. The second-order valence-corrected chi connectivity index (χ2v) is 9.58. The van der Waals surface area contributed by atoms with E-state index in [1.54, 1.807) is 17.2 Å². The number of hydrogen-bond donors (Lipinski definition) is 1. The maximum absolute atomic E-state index is 14.6. The highest BCUT2D eigenvalue weighted by Gasteiger charge is 2.30. The molecule has 2 aliphatic heterocycles. The predicted molar refractivity (Wildman–Crippen MR) is 139 cm³/mol. The molecule has 2 bridgehead atoms. The van der Waals surface area contributed by atoms with Crippen LogP contribution in [-0.4, -0.2) is 28.2 Å². The van der Waals surface area contributed by atoms with Crippen LogP contribution in [0.15, 0.2) is 66.9 Å². The molecular formula is C30H27FN4O2. The van der Waals surface area contributed by atoms with E-state index in [1.165, 1.54) is 18.2 Å². The largest absolute Gasteiger partial charge is 0.330 e. The van der Waals surface area contributed by atoms with Gasteiger partial charge in [-0.25, -0.2) is 4.39 Å². The third kappa shape index (κ3) is 4.88. The lowest BCUT2D eigenvalue weighted by molar-refractivity contribution is -0.129. The van der Waals surface area contributed by atoms with Crippen molar-refractivity contribution in [2.75, 3.05) is 11.9 Å². The Morgan fingerprint density at radius 1 is 1.11 bits per heavy atom. The van der Waals surface area contributed by atoms with E-state index in [9.17, 15) is 19.2 Å². The van der Waals surface area contributed by atoms with E-state index < -0.39 is 5.82 Å². The van der Waals surface area contributed by atoms with Gasteiger partial charge in [0.05, 0.1) is 23.4 Å². The lowest BCUT2D eigenvalue weighted by Gasteiger charge is -2.34. The number of anilines is 1. The van der Waals surface area contributed by atoms with Crippen LogP contribution in [0.25, 0.3) is 16.7 Å². The smallest absolute Gasteiger partial charge is 0.247 e. The maximum Gasteiger partial charge on any atom is 0.247 e. The number of nitriles is 1. The average Bonchev–Trinajstić information content (AvgIpc) is 2.91. The van der Waals surface area contributed by atoms with Crippen molar-refractivity contribution in [3.63, 3.8) is 0 Å². The van der Waals surface area contributed by atoms with E-state index in [4.69, 9.17) is 0 Å². The quantitative estimate of drug-likeness (QED) is 0.482. The Balaban J connectivity index is 1.53. The van der Waals surface area contributed by atoms with Crippen molar-refractivity contribution < 1.29 is 14.0 Å². The van der Waals surface area contributed by atoms with Crippen molar-refractivity contribution in [1.82, 2.24) is 9.88 Å². The van der Waals surface area contributed by atoms with Crippen LogP contribution in [0.5, 0.6) is 0 Å². The SMILES string of the molecule is CC1CCCC(N2CCC(c3c(F)cccc3C#N)=CC2=O)c2cc(ccn2)-c2ccccc2NC1=O. The molecule has 0 fully saturated rings. The average molecular weight is 495 g/mol.